The minimum Gasteiger partial charge on any atom is -0.327 e. The first-order chi connectivity index (χ1) is 17.5. The molecule has 6 rings (SSSR count). The molecule has 2 aliphatic heterocycles. The first-order valence-electron chi connectivity index (χ1n) is 12.5. The lowest BCUT2D eigenvalue weighted by Gasteiger charge is -2.38. The Balaban J connectivity index is 1.25. The van der Waals surface area contributed by atoms with E-state index < -0.39 is 11.8 Å². The first kappa shape index (κ1) is 22.7. The second kappa shape index (κ2) is 9.02. The van der Waals surface area contributed by atoms with Gasteiger partial charge in [0.1, 0.15) is 0 Å². The van der Waals surface area contributed by atoms with Gasteiger partial charge in [0.05, 0.1) is 41.2 Å². The molecular formula is C26H30N8O2. The molecule has 4 aromatic rings. The van der Waals surface area contributed by atoms with E-state index in [1.165, 1.54) is 6.20 Å². The molecule has 0 aliphatic carbocycles. The van der Waals surface area contributed by atoms with E-state index in [9.17, 15) is 9.59 Å². The predicted octanol–water partition coefficient (Wildman–Crippen LogP) is 3.12. The average Bonchev–Trinajstić information content (AvgIpc) is 3.62. The number of anilines is 1. The van der Waals surface area contributed by atoms with Crippen molar-refractivity contribution in [3.63, 3.8) is 0 Å². The Morgan fingerprint density at radius 2 is 1.97 bits per heavy atom. The van der Waals surface area contributed by atoms with Gasteiger partial charge in [0.15, 0.2) is 0 Å². The summed E-state index contributed by atoms with van der Waals surface area (Å²) in [5.41, 5.74) is 3.02. The number of hydrogen-bond donors (Lipinski definition) is 2. The van der Waals surface area contributed by atoms with E-state index in [1.54, 1.807) is 17.3 Å². The van der Waals surface area contributed by atoms with E-state index in [-0.39, 0.29) is 6.04 Å². The molecule has 2 fully saturated rings. The van der Waals surface area contributed by atoms with Gasteiger partial charge in [-0.25, -0.2) is 0 Å². The maximum absolute atomic E-state index is 13.4. The number of fused-ring (bicyclic) bond motifs is 2. The number of nitrogens with zero attached hydrogens (tertiary/aromatic N) is 6. The van der Waals surface area contributed by atoms with Crippen LogP contribution in [0.5, 0.6) is 0 Å². The van der Waals surface area contributed by atoms with Crippen molar-refractivity contribution in [3.05, 3.63) is 48.5 Å². The van der Waals surface area contributed by atoms with Crippen LogP contribution in [0.15, 0.2) is 43.0 Å². The van der Waals surface area contributed by atoms with Crippen LogP contribution in [-0.4, -0.2) is 73.3 Å². The van der Waals surface area contributed by atoms with Crippen molar-refractivity contribution < 1.29 is 9.59 Å². The Morgan fingerprint density at radius 3 is 2.81 bits per heavy atom. The van der Waals surface area contributed by atoms with Gasteiger partial charge < -0.3 is 15.1 Å². The number of aromatic nitrogens is 5. The van der Waals surface area contributed by atoms with Gasteiger partial charge in [0.2, 0.25) is 0 Å². The molecule has 2 saturated heterocycles. The van der Waals surface area contributed by atoms with Crippen molar-refractivity contribution in [1.82, 2.24) is 34.8 Å². The molecule has 0 radical (unpaired) electrons. The molecule has 2 aliphatic rings. The third-order valence-electron chi connectivity index (χ3n) is 7.55. The number of carbonyl (C=O) groups excluding carboxylic acids is 2. The monoisotopic (exact) mass is 486 g/mol. The molecule has 1 unspecified atom stereocenters. The molecule has 10 nitrogen and oxygen atoms in total. The molecule has 10 heteroatoms. The lowest BCUT2D eigenvalue weighted by Crippen LogP contribution is -2.46. The predicted molar refractivity (Wildman–Crippen MR) is 136 cm³/mol. The zero-order valence-electron chi connectivity index (χ0n) is 20.5. The maximum Gasteiger partial charge on any atom is 0.314 e. The molecule has 0 saturated carbocycles. The first-order valence-corrected chi connectivity index (χ1v) is 12.5. The van der Waals surface area contributed by atoms with E-state index in [4.69, 9.17) is 5.10 Å². The quantitative estimate of drug-likeness (QED) is 0.431. The molecular weight excluding hydrogens is 456 g/mol. The van der Waals surface area contributed by atoms with Crippen LogP contribution in [0.2, 0.25) is 0 Å². The zero-order chi connectivity index (χ0) is 24.8. The highest BCUT2D eigenvalue weighted by Crippen LogP contribution is 2.35. The van der Waals surface area contributed by atoms with Gasteiger partial charge >= 0.3 is 11.8 Å². The smallest absolute Gasteiger partial charge is 0.314 e. The van der Waals surface area contributed by atoms with Gasteiger partial charge in [0, 0.05) is 36.3 Å². The highest BCUT2D eigenvalue weighted by Gasteiger charge is 2.35. The second-order valence-corrected chi connectivity index (χ2v) is 10.3. The third-order valence-corrected chi connectivity index (χ3v) is 7.55. The van der Waals surface area contributed by atoms with Gasteiger partial charge in [-0.3, -0.25) is 24.4 Å². The lowest BCUT2D eigenvalue weighted by atomic mass is 9.89. The van der Waals surface area contributed by atoms with Crippen molar-refractivity contribution in [1.29, 1.82) is 0 Å². The van der Waals surface area contributed by atoms with Crippen LogP contribution in [0.3, 0.4) is 0 Å². The van der Waals surface area contributed by atoms with Crippen molar-refractivity contribution in [2.45, 2.75) is 38.3 Å². The van der Waals surface area contributed by atoms with Gasteiger partial charge in [-0.05, 0) is 50.4 Å². The lowest BCUT2D eigenvalue weighted by molar-refractivity contribution is -0.146. The Labute approximate surface area is 208 Å². The number of H-pyrrole nitrogens is 1. The van der Waals surface area contributed by atoms with Crippen molar-refractivity contribution in [2.75, 3.05) is 32.0 Å². The van der Waals surface area contributed by atoms with E-state index in [0.29, 0.717) is 29.7 Å². The molecule has 0 bridgehead atoms. The Hall–Kier alpha value is -3.79. The molecule has 36 heavy (non-hydrogen) atoms. The minimum atomic E-state index is -0.672. The number of aromatic amines is 1. The number of pyridine rings is 1. The number of likely N-dealkylation sites (tertiary alicyclic amines) is 2. The fourth-order valence-corrected chi connectivity index (χ4v) is 5.56. The van der Waals surface area contributed by atoms with Gasteiger partial charge in [-0.15, -0.1) is 0 Å². The second-order valence-electron chi connectivity index (χ2n) is 10.3. The summed E-state index contributed by atoms with van der Waals surface area (Å²) < 4.78 is 2.08. The van der Waals surface area contributed by atoms with Crippen LogP contribution in [0, 0.1) is 5.92 Å². The summed E-state index contributed by atoms with van der Waals surface area (Å²) in [6.07, 6.45) is 9.81. The minimum absolute atomic E-state index is 0.173. The summed E-state index contributed by atoms with van der Waals surface area (Å²) in [4.78, 5) is 34.7. The van der Waals surface area contributed by atoms with Crippen LogP contribution >= 0.6 is 0 Å². The fourth-order valence-electron chi connectivity index (χ4n) is 5.56. The largest absolute Gasteiger partial charge is 0.327 e. The van der Waals surface area contributed by atoms with E-state index in [2.05, 4.69) is 68.4 Å². The summed E-state index contributed by atoms with van der Waals surface area (Å²) in [6, 6.07) is 6.45. The Bertz CT molecular complexity index is 1440. The summed E-state index contributed by atoms with van der Waals surface area (Å²) in [7, 11) is 2.14. The Morgan fingerprint density at radius 1 is 1.08 bits per heavy atom. The van der Waals surface area contributed by atoms with Gasteiger partial charge in [0.25, 0.3) is 0 Å². The SMILES string of the molecule is C[C@H]1CC[C@H](c2ccc3cn(C4CCN(C)C4)nc3c2)N(C(=O)C(=O)Nc2cncc3cn[nH]c23)C1. The van der Waals surface area contributed by atoms with E-state index >= 15 is 0 Å². The number of carbonyl (C=O) groups is 2. The van der Waals surface area contributed by atoms with Gasteiger partial charge in [-0.2, -0.15) is 10.2 Å². The fraction of sp³-hybridized carbons (Fsp3) is 0.423. The number of hydrogen-bond acceptors (Lipinski definition) is 6. The summed E-state index contributed by atoms with van der Waals surface area (Å²) in [6.45, 7) is 4.73. The van der Waals surface area contributed by atoms with Crippen molar-refractivity contribution in [2.24, 2.45) is 5.92 Å². The summed E-state index contributed by atoms with van der Waals surface area (Å²) in [5, 5.41) is 16.3. The zero-order valence-corrected chi connectivity index (χ0v) is 20.5. The number of nitrogens with one attached hydrogen (secondary N) is 2. The molecule has 2 N–H and O–H groups in total. The molecule has 1 aromatic carbocycles. The summed E-state index contributed by atoms with van der Waals surface area (Å²) in [5.74, 6) is -0.894. The number of amides is 2. The average molecular weight is 487 g/mol. The van der Waals surface area contributed by atoms with Crippen LogP contribution in [0.4, 0.5) is 5.69 Å². The molecule has 3 atom stereocenters. The number of piperidine rings is 1. The van der Waals surface area contributed by atoms with Crippen LogP contribution in [0.25, 0.3) is 21.8 Å². The number of benzene rings is 1. The summed E-state index contributed by atoms with van der Waals surface area (Å²) >= 11 is 0. The highest BCUT2D eigenvalue weighted by atomic mass is 16.2. The van der Waals surface area contributed by atoms with E-state index in [0.717, 1.165) is 54.2 Å². The van der Waals surface area contributed by atoms with Crippen LogP contribution < -0.4 is 5.32 Å². The van der Waals surface area contributed by atoms with Crippen LogP contribution in [0.1, 0.15) is 43.8 Å². The topological polar surface area (TPSA) is 112 Å². The van der Waals surface area contributed by atoms with E-state index in [1.807, 2.05) is 0 Å². The highest BCUT2D eigenvalue weighted by molar-refractivity contribution is 6.40. The third kappa shape index (κ3) is 4.11. The van der Waals surface area contributed by atoms with Gasteiger partial charge in [-0.1, -0.05) is 19.1 Å². The normalized spacial score (nSPS) is 22.9. The molecule has 5 heterocycles. The molecule has 2 amide bonds. The standard InChI is InChI=1S/C26H30N8O2/c1-16-3-6-23(17-4-5-18-14-34(31-21(18)9-17)20-7-8-32(2)15-20)33(13-16)26(36)25(35)29-22-12-27-10-19-11-28-30-24(19)22/h4-5,9-12,14,16,20,23H,3,6-8,13,15H2,1-2H3,(H,28,30)(H,29,35)/t16-,20?,23+/m0/s1. The number of likely N-dealkylation sites (N-methyl/N-ethyl adjacent to an activating group) is 1. The van der Waals surface area contributed by atoms with Crippen LogP contribution in [-0.2, 0) is 9.59 Å². The molecule has 0 spiro atoms. The maximum atomic E-state index is 13.4. The Kier molecular flexibility index (Phi) is 5.67. The molecule has 3 aromatic heterocycles. The molecule has 186 valence electrons. The van der Waals surface area contributed by atoms with Crippen molar-refractivity contribution in [3.8, 4) is 0 Å². The van der Waals surface area contributed by atoms with Crippen molar-refractivity contribution >= 4 is 39.3 Å². The number of rotatable bonds is 3.